The van der Waals surface area contributed by atoms with E-state index in [4.69, 9.17) is 16.3 Å². The summed E-state index contributed by atoms with van der Waals surface area (Å²) in [4.78, 5) is 19.5. The Morgan fingerprint density at radius 2 is 2.13 bits per heavy atom. The number of piperazine rings is 1. The summed E-state index contributed by atoms with van der Waals surface area (Å²) in [5.41, 5.74) is 4.97. The van der Waals surface area contributed by atoms with Gasteiger partial charge in [-0.25, -0.2) is 0 Å². The van der Waals surface area contributed by atoms with Gasteiger partial charge < -0.3 is 20.1 Å². The smallest absolute Gasteiger partial charge is 0.264 e. The van der Waals surface area contributed by atoms with Crippen molar-refractivity contribution < 1.29 is 14.6 Å². The van der Waals surface area contributed by atoms with E-state index in [-0.39, 0.29) is 17.9 Å². The molecule has 6 nitrogen and oxygen atoms in total. The number of hydrogen-bond acceptors (Lipinski definition) is 5. The maximum atomic E-state index is 13.1. The summed E-state index contributed by atoms with van der Waals surface area (Å²) in [5.74, 6) is 0.800. The third-order valence-corrected chi connectivity index (χ3v) is 7.33. The lowest BCUT2D eigenvalue weighted by Crippen LogP contribution is -2.50. The first-order valence-electron chi connectivity index (χ1n) is 11.1. The Balaban J connectivity index is 1.50. The molecule has 5 rings (SSSR count). The quantitative estimate of drug-likeness (QED) is 0.763. The second-order valence-electron chi connectivity index (χ2n) is 8.98. The largest absolute Gasteiger partial charge is 0.479 e. The average Bonchev–Trinajstić information content (AvgIpc) is 3.40. The Morgan fingerprint density at radius 1 is 1.32 bits per heavy atom. The van der Waals surface area contributed by atoms with Crippen molar-refractivity contribution in [2.24, 2.45) is 5.41 Å². The van der Waals surface area contributed by atoms with Gasteiger partial charge in [0.05, 0.1) is 0 Å². The molecule has 1 unspecified atom stereocenters. The molecule has 1 aromatic heterocycles. The molecule has 2 aromatic rings. The van der Waals surface area contributed by atoms with Crippen molar-refractivity contribution in [2.45, 2.75) is 38.7 Å². The summed E-state index contributed by atoms with van der Waals surface area (Å²) in [5, 5.41) is 14.0. The van der Waals surface area contributed by atoms with Crippen molar-refractivity contribution >= 4 is 17.5 Å². The molecule has 1 aromatic carbocycles. The van der Waals surface area contributed by atoms with E-state index in [0.29, 0.717) is 24.5 Å². The second kappa shape index (κ2) is 8.08. The number of fused-ring (bicyclic) bond motifs is 2. The third-order valence-electron chi connectivity index (χ3n) is 7.11. The van der Waals surface area contributed by atoms with Gasteiger partial charge in [0, 0.05) is 72.7 Å². The Labute approximate surface area is 187 Å². The Kier molecular flexibility index (Phi) is 5.40. The highest BCUT2D eigenvalue weighted by Crippen LogP contribution is 2.47. The molecule has 1 fully saturated rings. The number of aliphatic hydroxyl groups is 1. The van der Waals surface area contributed by atoms with Crippen LogP contribution in [0.25, 0.3) is 11.1 Å². The summed E-state index contributed by atoms with van der Waals surface area (Å²) >= 11 is 6.50. The molecule has 0 radical (unpaired) electrons. The molecule has 3 aliphatic rings. The second-order valence-corrected chi connectivity index (χ2v) is 9.41. The first-order chi connectivity index (χ1) is 15.0. The normalized spacial score (nSPS) is 24.6. The van der Waals surface area contributed by atoms with Crippen LogP contribution in [0.3, 0.4) is 0 Å². The van der Waals surface area contributed by atoms with E-state index in [1.807, 2.05) is 29.3 Å². The summed E-state index contributed by atoms with van der Waals surface area (Å²) in [6.07, 6.45) is 4.30. The Morgan fingerprint density at radius 3 is 2.87 bits per heavy atom. The molecular weight excluding hydrogens is 414 g/mol. The number of aromatic nitrogens is 1. The van der Waals surface area contributed by atoms with Crippen LogP contribution in [-0.4, -0.2) is 59.8 Å². The number of pyridine rings is 1. The number of nitrogens with zero attached hydrogens (tertiary/aromatic N) is 2. The molecule has 7 heteroatoms. The predicted octanol–water partition coefficient (Wildman–Crippen LogP) is 2.62. The summed E-state index contributed by atoms with van der Waals surface area (Å²) in [6, 6.07) is 5.85. The number of aliphatic hydroxyl groups excluding tert-OH is 1. The maximum absolute atomic E-state index is 13.1. The van der Waals surface area contributed by atoms with Crippen molar-refractivity contribution in [3.63, 3.8) is 0 Å². The number of amides is 1. The van der Waals surface area contributed by atoms with Gasteiger partial charge in [0.2, 0.25) is 0 Å². The van der Waals surface area contributed by atoms with Crippen molar-refractivity contribution in [3.8, 4) is 16.9 Å². The van der Waals surface area contributed by atoms with E-state index >= 15 is 0 Å². The summed E-state index contributed by atoms with van der Waals surface area (Å²) in [6.45, 7) is 5.31. The average molecular weight is 442 g/mol. The standard InChI is InChI=1S/C24H28ClN3O3/c1-2-24(14-29)12-19-17(3-4-27-20(19)13-24)18-11-16(25)9-15-10-21(31-22(15)18)23(30)28-7-5-26-6-8-28/h3-4,9,11,21,26,29H,2,5-8,10,12-14H2,1H3/t21-,24?/m1/s1. The van der Waals surface area contributed by atoms with Gasteiger partial charge in [-0.1, -0.05) is 18.5 Å². The topological polar surface area (TPSA) is 74.7 Å². The number of halogens is 1. The molecule has 0 saturated carbocycles. The minimum atomic E-state index is -0.507. The van der Waals surface area contributed by atoms with E-state index in [1.54, 1.807) is 0 Å². The van der Waals surface area contributed by atoms with Gasteiger partial charge >= 0.3 is 0 Å². The van der Waals surface area contributed by atoms with Crippen LogP contribution in [0.15, 0.2) is 24.4 Å². The van der Waals surface area contributed by atoms with Crippen LogP contribution in [0, 0.1) is 5.41 Å². The van der Waals surface area contributed by atoms with E-state index in [1.165, 1.54) is 0 Å². The van der Waals surface area contributed by atoms with E-state index in [0.717, 1.165) is 66.0 Å². The number of carbonyl (C=O) groups is 1. The fourth-order valence-electron chi connectivity index (χ4n) is 5.16. The van der Waals surface area contributed by atoms with Crippen LogP contribution >= 0.6 is 11.6 Å². The number of ether oxygens (including phenoxy) is 1. The minimum absolute atomic E-state index is 0.0463. The Hall–Kier alpha value is -2.15. The third kappa shape index (κ3) is 3.60. The maximum Gasteiger partial charge on any atom is 0.264 e. The fraction of sp³-hybridized carbons (Fsp3) is 0.500. The first-order valence-corrected chi connectivity index (χ1v) is 11.5. The van der Waals surface area contributed by atoms with Crippen LogP contribution in [-0.2, 0) is 24.1 Å². The molecule has 2 N–H and O–H groups in total. The number of nitrogens with one attached hydrogen (secondary N) is 1. The van der Waals surface area contributed by atoms with E-state index in [9.17, 15) is 9.90 Å². The molecular formula is C24H28ClN3O3. The van der Waals surface area contributed by atoms with Gasteiger partial charge in [0.15, 0.2) is 6.10 Å². The lowest BCUT2D eigenvalue weighted by atomic mass is 9.82. The van der Waals surface area contributed by atoms with Crippen LogP contribution < -0.4 is 10.1 Å². The van der Waals surface area contributed by atoms with Gasteiger partial charge in [-0.2, -0.15) is 0 Å². The van der Waals surface area contributed by atoms with Crippen LogP contribution in [0.1, 0.15) is 30.2 Å². The number of benzene rings is 1. The van der Waals surface area contributed by atoms with Crippen LogP contribution in [0.2, 0.25) is 5.02 Å². The zero-order valence-corrected chi connectivity index (χ0v) is 18.5. The first kappa shape index (κ1) is 20.7. The Bertz CT molecular complexity index is 1020. The minimum Gasteiger partial charge on any atom is -0.479 e. The highest BCUT2D eigenvalue weighted by Gasteiger charge is 2.39. The number of carbonyl (C=O) groups excluding carboxylic acids is 1. The highest BCUT2D eigenvalue weighted by molar-refractivity contribution is 6.31. The van der Waals surface area contributed by atoms with E-state index < -0.39 is 6.10 Å². The van der Waals surface area contributed by atoms with Crippen LogP contribution in [0.5, 0.6) is 5.75 Å². The predicted molar refractivity (Wildman–Crippen MR) is 119 cm³/mol. The van der Waals surface area contributed by atoms with Gasteiger partial charge in [-0.15, -0.1) is 0 Å². The van der Waals surface area contributed by atoms with Crippen molar-refractivity contribution in [1.82, 2.24) is 15.2 Å². The van der Waals surface area contributed by atoms with Crippen molar-refractivity contribution in [1.29, 1.82) is 0 Å². The van der Waals surface area contributed by atoms with Gasteiger partial charge in [-0.05, 0) is 48.6 Å². The van der Waals surface area contributed by atoms with Gasteiger partial charge in [-0.3, -0.25) is 9.78 Å². The zero-order chi connectivity index (χ0) is 21.6. The number of rotatable bonds is 4. The molecule has 0 spiro atoms. The molecule has 1 aliphatic carbocycles. The van der Waals surface area contributed by atoms with Crippen LogP contribution in [0.4, 0.5) is 0 Å². The molecule has 31 heavy (non-hydrogen) atoms. The fourth-order valence-corrected chi connectivity index (χ4v) is 5.40. The molecule has 2 aliphatic heterocycles. The molecule has 164 valence electrons. The molecule has 3 heterocycles. The highest BCUT2D eigenvalue weighted by atomic mass is 35.5. The summed E-state index contributed by atoms with van der Waals surface area (Å²) < 4.78 is 6.29. The number of hydrogen-bond donors (Lipinski definition) is 2. The lowest BCUT2D eigenvalue weighted by molar-refractivity contribution is -0.138. The molecule has 1 amide bonds. The molecule has 2 atom stereocenters. The van der Waals surface area contributed by atoms with Gasteiger partial charge in [0.1, 0.15) is 5.75 Å². The van der Waals surface area contributed by atoms with Gasteiger partial charge in [0.25, 0.3) is 5.91 Å². The van der Waals surface area contributed by atoms with Crippen molar-refractivity contribution in [3.05, 3.63) is 46.2 Å². The zero-order valence-electron chi connectivity index (χ0n) is 17.8. The summed E-state index contributed by atoms with van der Waals surface area (Å²) in [7, 11) is 0. The molecule has 0 bridgehead atoms. The molecule has 1 saturated heterocycles. The lowest BCUT2D eigenvalue weighted by Gasteiger charge is -2.29. The SMILES string of the molecule is CCC1(CO)Cc2nccc(-c3cc(Cl)cc4c3O[C@@H](C(=O)N3CCNCC3)C4)c2C1. The monoisotopic (exact) mass is 441 g/mol. The van der Waals surface area contributed by atoms with E-state index in [2.05, 4.69) is 17.2 Å². The van der Waals surface area contributed by atoms with Crippen molar-refractivity contribution in [2.75, 3.05) is 32.8 Å².